The second-order valence-electron chi connectivity index (χ2n) is 4.55. The molecular formula is C13H16BrN3O. The van der Waals surface area contributed by atoms with Crippen molar-refractivity contribution in [1.29, 1.82) is 0 Å². The van der Waals surface area contributed by atoms with Gasteiger partial charge in [-0.15, -0.1) is 0 Å². The zero-order chi connectivity index (χ0) is 13.3. The molecule has 1 aromatic heterocycles. The van der Waals surface area contributed by atoms with Crippen LogP contribution < -0.4 is 11.4 Å². The smallest absolute Gasteiger partial charge is 0.328 e. The molecule has 96 valence electrons. The molecule has 1 aromatic carbocycles. The number of nitrogens with zero attached hydrogens (tertiary/aromatic N) is 2. The first-order valence-electron chi connectivity index (χ1n) is 5.80. The fourth-order valence-electron chi connectivity index (χ4n) is 1.83. The second kappa shape index (κ2) is 5.02. The van der Waals surface area contributed by atoms with Gasteiger partial charge in [0.05, 0.1) is 6.54 Å². The third kappa shape index (κ3) is 2.51. The van der Waals surface area contributed by atoms with Crippen molar-refractivity contribution in [3.63, 3.8) is 0 Å². The number of halogens is 1. The van der Waals surface area contributed by atoms with E-state index in [1.807, 2.05) is 38.2 Å². The van der Waals surface area contributed by atoms with Gasteiger partial charge >= 0.3 is 5.69 Å². The summed E-state index contributed by atoms with van der Waals surface area (Å²) in [4.78, 5) is 12.1. The lowest BCUT2D eigenvalue weighted by atomic mass is 10.2. The molecule has 0 aliphatic rings. The average molecular weight is 310 g/mol. The van der Waals surface area contributed by atoms with E-state index >= 15 is 0 Å². The highest BCUT2D eigenvalue weighted by Gasteiger charge is 2.08. The largest absolute Gasteiger partial charge is 0.398 e. The maximum atomic E-state index is 12.1. The van der Waals surface area contributed by atoms with Gasteiger partial charge in [-0.2, -0.15) is 0 Å². The van der Waals surface area contributed by atoms with Crippen LogP contribution in [-0.2, 0) is 6.54 Å². The van der Waals surface area contributed by atoms with Crippen molar-refractivity contribution in [2.45, 2.75) is 26.4 Å². The molecule has 0 saturated carbocycles. The lowest BCUT2D eigenvalue weighted by molar-refractivity contribution is 0.561. The van der Waals surface area contributed by atoms with E-state index in [1.54, 1.807) is 15.3 Å². The fourth-order valence-corrected chi connectivity index (χ4v) is 2.21. The van der Waals surface area contributed by atoms with E-state index in [1.165, 1.54) is 0 Å². The van der Waals surface area contributed by atoms with Gasteiger partial charge in [0.15, 0.2) is 0 Å². The Bertz CT molecular complexity index is 613. The van der Waals surface area contributed by atoms with Crippen LogP contribution in [0.2, 0.25) is 0 Å². The zero-order valence-electron chi connectivity index (χ0n) is 10.4. The predicted octanol–water partition coefficient (Wildman–Crippen LogP) is 2.62. The number of benzene rings is 1. The maximum absolute atomic E-state index is 12.1. The molecule has 2 N–H and O–H groups in total. The molecule has 5 heteroatoms. The van der Waals surface area contributed by atoms with Gasteiger partial charge < -0.3 is 5.73 Å². The number of rotatable bonds is 3. The molecule has 0 saturated heterocycles. The molecule has 0 spiro atoms. The molecule has 0 aliphatic heterocycles. The molecular weight excluding hydrogens is 294 g/mol. The molecule has 4 nitrogen and oxygen atoms in total. The number of anilines is 1. The summed E-state index contributed by atoms with van der Waals surface area (Å²) in [7, 11) is 0. The Morgan fingerprint density at radius 2 is 2.06 bits per heavy atom. The van der Waals surface area contributed by atoms with E-state index in [9.17, 15) is 4.79 Å². The number of nitrogens with two attached hydrogens (primary N) is 1. The van der Waals surface area contributed by atoms with Gasteiger partial charge in [-0.3, -0.25) is 9.13 Å². The van der Waals surface area contributed by atoms with Crippen LogP contribution in [0.4, 0.5) is 5.69 Å². The topological polar surface area (TPSA) is 52.9 Å². The van der Waals surface area contributed by atoms with Gasteiger partial charge in [0.1, 0.15) is 0 Å². The van der Waals surface area contributed by atoms with Crippen LogP contribution in [-0.4, -0.2) is 9.13 Å². The number of hydrogen-bond donors (Lipinski definition) is 1. The van der Waals surface area contributed by atoms with E-state index in [4.69, 9.17) is 5.73 Å². The molecule has 0 fully saturated rings. The van der Waals surface area contributed by atoms with E-state index in [2.05, 4.69) is 15.9 Å². The van der Waals surface area contributed by atoms with Gasteiger partial charge in [-0.25, -0.2) is 4.79 Å². The number of imidazole rings is 1. The predicted molar refractivity (Wildman–Crippen MR) is 76.7 cm³/mol. The minimum absolute atomic E-state index is 0.00711. The monoisotopic (exact) mass is 309 g/mol. The lowest BCUT2D eigenvalue weighted by Gasteiger charge is -2.07. The quantitative estimate of drug-likeness (QED) is 0.886. The molecule has 0 unspecified atom stereocenters. The molecule has 2 aromatic rings. The third-order valence-corrected chi connectivity index (χ3v) is 3.37. The summed E-state index contributed by atoms with van der Waals surface area (Å²) in [6.45, 7) is 4.47. The minimum atomic E-state index is -0.00711. The first kappa shape index (κ1) is 13.0. The van der Waals surface area contributed by atoms with Crippen LogP contribution in [0.15, 0.2) is 39.9 Å². The molecule has 2 rings (SSSR count). The Labute approximate surface area is 114 Å². The van der Waals surface area contributed by atoms with Crippen molar-refractivity contribution in [1.82, 2.24) is 9.13 Å². The van der Waals surface area contributed by atoms with Crippen molar-refractivity contribution in [3.05, 3.63) is 51.1 Å². The summed E-state index contributed by atoms with van der Waals surface area (Å²) in [5, 5.41) is 0. The molecule has 1 heterocycles. The van der Waals surface area contributed by atoms with Gasteiger partial charge in [0.2, 0.25) is 0 Å². The molecule has 0 radical (unpaired) electrons. The van der Waals surface area contributed by atoms with Crippen LogP contribution in [0.25, 0.3) is 0 Å². The Hall–Kier alpha value is -1.49. The highest BCUT2D eigenvalue weighted by atomic mass is 79.9. The first-order valence-corrected chi connectivity index (χ1v) is 6.59. The first-order chi connectivity index (χ1) is 8.49. The highest BCUT2D eigenvalue weighted by molar-refractivity contribution is 9.10. The van der Waals surface area contributed by atoms with Crippen molar-refractivity contribution >= 4 is 21.6 Å². The lowest BCUT2D eigenvalue weighted by Crippen LogP contribution is -2.25. The second-order valence-corrected chi connectivity index (χ2v) is 5.47. The fraction of sp³-hybridized carbons (Fsp3) is 0.308. The number of aromatic nitrogens is 2. The van der Waals surface area contributed by atoms with Gasteiger partial charge in [0, 0.05) is 28.6 Å². The molecule has 0 amide bonds. The van der Waals surface area contributed by atoms with Crippen LogP contribution in [0.3, 0.4) is 0 Å². The number of hydrogen-bond acceptors (Lipinski definition) is 2. The van der Waals surface area contributed by atoms with E-state index in [-0.39, 0.29) is 11.7 Å². The molecule has 18 heavy (non-hydrogen) atoms. The normalized spacial score (nSPS) is 11.1. The Kier molecular flexibility index (Phi) is 3.61. The summed E-state index contributed by atoms with van der Waals surface area (Å²) in [6, 6.07) is 5.87. The van der Waals surface area contributed by atoms with Crippen LogP contribution in [0.5, 0.6) is 0 Å². The summed E-state index contributed by atoms with van der Waals surface area (Å²) in [5.41, 5.74) is 7.56. The summed E-state index contributed by atoms with van der Waals surface area (Å²) in [6.07, 6.45) is 3.60. The van der Waals surface area contributed by atoms with E-state index in [0.29, 0.717) is 12.2 Å². The third-order valence-electron chi connectivity index (χ3n) is 2.88. The van der Waals surface area contributed by atoms with E-state index in [0.717, 1.165) is 10.0 Å². The summed E-state index contributed by atoms with van der Waals surface area (Å²) in [5.74, 6) is 0. The van der Waals surface area contributed by atoms with Crippen LogP contribution in [0.1, 0.15) is 25.5 Å². The summed E-state index contributed by atoms with van der Waals surface area (Å²) < 4.78 is 4.31. The van der Waals surface area contributed by atoms with Gasteiger partial charge in [0.25, 0.3) is 0 Å². The zero-order valence-corrected chi connectivity index (χ0v) is 12.0. The summed E-state index contributed by atoms with van der Waals surface area (Å²) >= 11 is 3.37. The number of nitrogen functional groups attached to an aromatic ring is 1. The van der Waals surface area contributed by atoms with Crippen molar-refractivity contribution < 1.29 is 0 Å². The minimum Gasteiger partial charge on any atom is -0.398 e. The van der Waals surface area contributed by atoms with Crippen LogP contribution >= 0.6 is 15.9 Å². The van der Waals surface area contributed by atoms with Crippen molar-refractivity contribution in [3.8, 4) is 0 Å². The highest BCUT2D eigenvalue weighted by Crippen LogP contribution is 2.19. The van der Waals surface area contributed by atoms with Crippen LogP contribution in [0, 0.1) is 0 Å². The van der Waals surface area contributed by atoms with Crippen molar-refractivity contribution in [2.75, 3.05) is 5.73 Å². The van der Waals surface area contributed by atoms with Gasteiger partial charge in [-0.1, -0.05) is 22.0 Å². The van der Waals surface area contributed by atoms with Gasteiger partial charge in [-0.05, 0) is 31.5 Å². The van der Waals surface area contributed by atoms with E-state index < -0.39 is 0 Å². The van der Waals surface area contributed by atoms with Crippen molar-refractivity contribution in [2.24, 2.45) is 0 Å². The molecule has 0 atom stereocenters. The Balaban J connectivity index is 2.32. The Morgan fingerprint density at radius 1 is 1.33 bits per heavy atom. The maximum Gasteiger partial charge on any atom is 0.328 e. The average Bonchev–Trinajstić information content (AvgIpc) is 2.64. The SMILES string of the molecule is CC(C)n1ccn(Cc2ccc(Br)cc2N)c1=O. The Morgan fingerprint density at radius 3 is 2.61 bits per heavy atom. The molecule has 0 bridgehead atoms. The standard InChI is InChI=1S/C13H16BrN3O/c1-9(2)17-6-5-16(13(17)18)8-10-3-4-11(14)7-12(10)15/h3-7,9H,8,15H2,1-2H3. The molecule has 0 aliphatic carbocycles.